The van der Waals surface area contributed by atoms with Crippen molar-refractivity contribution in [3.05, 3.63) is 41.8 Å². The number of ether oxygens (including phenoxy) is 1. The van der Waals surface area contributed by atoms with Gasteiger partial charge in [0.15, 0.2) is 0 Å². The summed E-state index contributed by atoms with van der Waals surface area (Å²) in [6, 6.07) is 13.8. The van der Waals surface area contributed by atoms with Gasteiger partial charge in [-0.3, -0.25) is 0 Å². The van der Waals surface area contributed by atoms with Gasteiger partial charge >= 0.3 is 0 Å². The van der Waals surface area contributed by atoms with Crippen molar-refractivity contribution in [3.63, 3.8) is 0 Å². The largest absolute Gasteiger partial charge is 0.381 e. The van der Waals surface area contributed by atoms with Gasteiger partial charge in [-0.2, -0.15) is 0 Å². The van der Waals surface area contributed by atoms with Crippen molar-refractivity contribution < 1.29 is 4.74 Å². The van der Waals surface area contributed by atoms with Crippen LogP contribution in [0.5, 0.6) is 0 Å². The number of nitrogens with zero attached hydrogens (tertiary/aromatic N) is 2. The second-order valence-electron chi connectivity index (χ2n) is 8.07. The van der Waals surface area contributed by atoms with Crippen molar-refractivity contribution >= 4 is 17.0 Å². The first-order valence-corrected chi connectivity index (χ1v) is 11.3. The maximum atomic E-state index is 6.06. The number of rotatable bonds is 7. The van der Waals surface area contributed by atoms with Crippen molar-refractivity contribution in [1.29, 1.82) is 0 Å². The summed E-state index contributed by atoms with van der Waals surface area (Å²) >= 11 is 1.86. The highest BCUT2D eigenvalue weighted by molar-refractivity contribution is 7.14. The maximum absolute atomic E-state index is 6.06. The van der Waals surface area contributed by atoms with E-state index in [1.165, 1.54) is 54.8 Å². The lowest BCUT2D eigenvalue weighted by molar-refractivity contribution is 0.0770. The maximum Gasteiger partial charge on any atom is 0.0576 e. The fourth-order valence-electron chi connectivity index (χ4n) is 4.51. The molecule has 146 valence electrons. The van der Waals surface area contributed by atoms with Gasteiger partial charge in [0.1, 0.15) is 0 Å². The molecule has 1 aromatic carbocycles. The predicted molar refractivity (Wildman–Crippen MR) is 116 cm³/mol. The lowest BCUT2D eigenvalue weighted by atomic mass is 9.97. The summed E-state index contributed by atoms with van der Waals surface area (Å²) in [5, 5.41) is 2.23. The zero-order valence-corrected chi connectivity index (χ0v) is 17.3. The van der Waals surface area contributed by atoms with Crippen molar-refractivity contribution in [2.45, 2.75) is 38.1 Å². The number of likely N-dealkylation sites (tertiary alicyclic amines) is 1. The van der Waals surface area contributed by atoms with E-state index in [1.807, 2.05) is 11.3 Å². The number of piperidine rings is 1. The molecule has 2 aromatic rings. The molecule has 0 N–H and O–H groups in total. The average molecular weight is 385 g/mol. The SMILES string of the molecule is CN1CCCC1CCOCC1CCN(c2ccsc2-c2ccccc2)CC1. The van der Waals surface area contributed by atoms with Crippen molar-refractivity contribution in [2.24, 2.45) is 5.92 Å². The Morgan fingerprint density at radius 2 is 1.85 bits per heavy atom. The number of hydrogen-bond donors (Lipinski definition) is 0. The Kier molecular flexibility index (Phi) is 6.48. The molecular formula is C23H32N2OS. The normalized spacial score (nSPS) is 21.8. The van der Waals surface area contributed by atoms with Gasteiger partial charge in [0, 0.05) is 32.3 Å². The first-order valence-electron chi connectivity index (χ1n) is 10.5. The minimum Gasteiger partial charge on any atom is -0.381 e. The molecule has 2 aliphatic heterocycles. The number of thiophene rings is 1. The fourth-order valence-corrected chi connectivity index (χ4v) is 5.43. The Bertz CT molecular complexity index is 693. The second-order valence-corrected chi connectivity index (χ2v) is 8.99. The molecule has 2 aliphatic rings. The minimum atomic E-state index is 0.723. The molecule has 1 atom stereocenters. The van der Waals surface area contributed by atoms with Crippen LogP contribution in [0.25, 0.3) is 10.4 Å². The van der Waals surface area contributed by atoms with Gasteiger partial charge < -0.3 is 14.5 Å². The van der Waals surface area contributed by atoms with Crippen LogP contribution in [-0.4, -0.2) is 50.8 Å². The molecule has 4 rings (SSSR count). The van der Waals surface area contributed by atoms with Gasteiger partial charge in [-0.25, -0.2) is 0 Å². The molecule has 2 saturated heterocycles. The molecule has 4 heteroatoms. The molecule has 0 aliphatic carbocycles. The quantitative estimate of drug-likeness (QED) is 0.615. The molecule has 3 heterocycles. The summed E-state index contributed by atoms with van der Waals surface area (Å²) in [5.41, 5.74) is 2.75. The lowest BCUT2D eigenvalue weighted by Crippen LogP contribution is -2.35. The number of anilines is 1. The molecule has 0 radical (unpaired) electrons. The van der Waals surface area contributed by atoms with E-state index in [-0.39, 0.29) is 0 Å². The summed E-state index contributed by atoms with van der Waals surface area (Å²) in [7, 11) is 2.25. The van der Waals surface area contributed by atoms with E-state index < -0.39 is 0 Å². The molecule has 3 nitrogen and oxygen atoms in total. The van der Waals surface area contributed by atoms with Gasteiger partial charge in [0.05, 0.1) is 10.6 Å². The van der Waals surface area contributed by atoms with Gasteiger partial charge in [-0.15, -0.1) is 11.3 Å². The van der Waals surface area contributed by atoms with Crippen LogP contribution in [0.2, 0.25) is 0 Å². The van der Waals surface area contributed by atoms with E-state index in [9.17, 15) is 0 Å². The van der Waals surface area contributed by atoms with Crippen LogP contribution in [0.3, 0.4) is 0 Å². The molecule has 27 heavy (non-hydrogen) atoms. The molecule has 1 unspecified atom stereocenters. The summed E-state index contributed by atoms with van der Waals surface area (Å²) in [6.45, 7) is 5.43. The Morgan fingerprint density at radius 1 is 1.04 bits per heavy atom. The molecule has 0 amide bonds. The fraction of sp³-hybridized carbons (Fsp3) is 0.565. The van der Waals surface area contributed by atoms with Gasteiger partial charge in [-0.1, -0.05) is 30.3 Å². The van der Waals surface area contributed by atoms with Crippen LogP contribution in [0.15, 0.2) is 41.8 Å². The lowest BCUT2D eigenvalue weighted by Gasteiger charge is -2.33. The molecule has 0 saturated carbocycles. The summed E-state index contributed by atoms with van der Waals surface area (Å²) < 4.78 is 6.06. The van der Waals surface area contributed by atoms with Gasteiger partial charge in [0.2, 0.25) is 0 Å². The Morgan fingerprint density at radius 3 is 2.59 bits per heavy atom. The third-order valence-electron chi connectivity index (χ3n) is 6.26. The van der Waals surface area contributed by atoms with Crippen LogP contribution >= 0.6 is 11.3 Å². The molecule has 2 fully saturated rings. The molecule has 0 spiro atoms. The van der Waals surface area contributed by atoms with E-state index in [4.69, 9.17) is 4.74 Å². The summed E-state index contributed by atoms with van der Waals surface area (Å²) in [4.78, 5) is 6.47. The highest BCUT2D eigenvalue weighted by Crippen LogP contribution is 2.37. The van der Waals surface area contributed by atoms with Crippen molar-refractivity contribution in [1.82, 2.24) is 4.90 Å². The third-order valence-corrected chi connectivity index (χ3v) is 7.21. The minimum absolute atomic E-state index is 0.723. The first-order chi connectivity index (χ1) is 13.3. The predicted octanol–water partition coefficient (Wildman–Crippen LogP) is 5.13. The van der Waals surface area contributed by atoms with E-state index in [0.717, 1.165) is 38.3 Å². The molecular weight excluding hydrogens is 352 g/mol. The Balaban J connectivity index is 1.22. The zero-order chi connectivity index (χ0) is 18.5. The van der Waals surface area contributed by atoms with Crippen LogP contribution < -0.4 is 4.90 Å². The summed E-state index contributed by atoms with van der Waals surface area (Å²) in [6.07, 6.45) is 6.39. The van der Waals surface area contributed by atoms with Crippen molar-refractivity contribution in [2.75, 3.05) is 44.8 Å². The van der Waals surface area contributed by atoms with Crippen molar-refractivity contribution in [3.8, 4) is 10.4 Å². The summed E-state index contributed by atoms with van der Waals surface area (Å²) in [5.74, 6) is 0.723. The van der Waals surface area contributed by atoms with Gasteiger partial charge in [-0.05, 0) is 68.6 Å². The molecule has 1 aromatic heterocycles. The van der Waals surface area contributed by atoms with E-state index in [1.54, 1.807) is 0 Å². The standard InChI is InChI=1S/C23H32N2OS/c1-24-13-5-8-21(24)11-16-26-18-19-9-14-25(15-10-19)22-12-17-27-23(22)20-6-3-2-4-7-20/h2-4,6-7,12,17,19,21H,5,8-11,13-16,18H2,1H3. The Hall–Kier alpha value is -1.36. The first kappa shape index (κ1) is 19.0. The zero-order valence-electron chi connectivity index (χ0n) is 16.5. The smallest absolute Gasteiger partial charge is 0.0576 e. The van der Waals surface area contributed by atoms with E-state index in [0.29, 0.717) is 0 Å². The van der Waals surface area contributed by atoms with Crippen LogP contribution in [-0.2, 0) is 4.74 Å². The van der Waals surface area contributed by atoms with E-state index >= 15 is 0 Å². The highest BCUT2D eigenvalue weighted by Gasteiger charge is 2.23. The number of hydrogen-bond acceptors (Lipinski definition) is 4. The molecule has 0 bridgehead atoms. The van der Waals surface area contributed by atoms with Crippen LogP contribution in [0.4, 0.5) is 5.69 Å². The number of benzene rings is 1. The Labute approximate surface area is 167 Å². The van der Waals surface area contributed by atoms with Crippen LogP contribution in [0.1, 0.15) is 32.1 Å². The monoisotopic (exact) mass is 384 g/mol. The highest BCUT2D eigenvalue weighted by atomic mass is 32.1. The average Bonchev–Trinajstić information content (AvgIpc) is 3.36. The van der Waals surface area contributed by atoms with Gasteiger partial charge in [0.25, 0.3) is 0 Å². The van der Waals surface area contributed by atoms with E-state index in [2.05, 4.69) is 58.6 Å². The third kappa shape index (κ3) is 4.74. The second kappa shape index (κ2) is 9.22. The van der Waals surface area contributed by atoms with Crippen LogP contribution in [0, 0.1) is 5.92 Å². The topological polar surface area (TPSA) is 15.7 Å².